The van der Waals surface area contributed by atoms with Crippen LogP contribution in [-0.4, -0.2) is 40.6 Å². The lowest BCUT2D eigenvalue weighted by molar-refractivity contribution is -0.144. The summed E-state index contributed by atoms with van der Waals surface area (Å²) in [7, 11) is 1.77. The molecule has 0 saturated heterocycles. The molecule has 0 heterocycles. The van der Waals surface area contributed by atoms with Crippen LogP contribution in [0.3, 0.4) is 0 Å². The molecule has 0 bridgehead atoms. The van der Waals surface area contributed by atoms with Crippen LogP contribution in [0.25, 0.3) is 0 Å². The molecule has 0 radical (unpaired) electrons. The number of hydrogen-bond donors (Lipinski definition) is 2. The number of carboxylic acids is 1. The fourth-order valence-electron chi connectivity index (χ4n) is 2.71. The van der Waals surface area contributed by atoms with E-state index in [9.17, 15) is 14.7 Å². The molecule has 110 valence electrons. The molecule has 5 nitrogen and oxygen atoms in total. The first kappa shape index (κ1) is 15.8. The Hall–Kier alpha value is -1.26. The number of carbonyl (C=O) groups excluding carboxylic acids is 1. The van der Waals surface area contributed by atoms with Gasteiger partial charge >= 0.3 is 12.0 Å². The summed E-state index contributed by atoms with van der Waals surface area (Å²) in [5.74, 6) is -0.956. The summed E-state index contributed by atoms with van der Waals surface area (Å²) in [6, 6.07) is -0.0213. The minimum Gasteiger partial charge on any atom is -0.480 e. The Morgan fingerprint density at radius 1 is 1.21 bits per heavy atom. The predicted molar refractivity (Wildman–Crippen MR) is 74.1 cm³/mol. The molecule has 0 aromatic rings. The van der Waals surface area contributed by atoms with Gasteiger partial charge in [-0.15, -0.1) is 0 Å². The van der Waals surface area contributed by atoms with Crippen molar-refractivity contribution in [3.05, 3.63) is 0 Å². The van der Waals surface area contributed by atoms with E-state index in [1.807, 2.05) is 0 Å². The third-order valence-corrected chi connectivity index (χ3v) is 4.41. The van der Waals surface area contributed by atoms with Crippen LogP contribution in [0.5, 0.6) is 0 Å². The van der Waals surface area contributed by atoms with Gasteiger partial charge in [0.05, 0.1) is 0 Å². The topological polar surface area (TPSA) is 69.6 Å². The van der Waals surface area contributed by atoms with E-state index in [-0.39, 0.29) is 12.1 Å². The lowest BCUT2D eigenvalue weighted by atomic mass is 9.92. The van der Waals surface area contributed by atoms with Crippen molar-refractivity contribution in [3.8, 4) is 0 Å². The largest absolute Gasteiger partial charge is 0.480 e. The Morgan fingerprint density at radius 3 is 2.16 bits per heavy atom. The maximum absolute atomic E-state index is 12.2. The lowest BCUT2D eigenvalue weighted by Gasteiger charge is -2.35. The van der Waals surface area contributed by atoms with Crippen LogP contribution in [0.4, 0.5) is 4.79 Å². The van der Waals surface area contributed by atoms with Crippen molar-refractivity contribution in [1.29, 1.82) is 0 Å². The van der Waals surface area contributed by atoms with Crippen molar-refractivity contribution >= 4 is 12.0 Å². The Labute approximate surface area is 115 Å². The first-order valence-electron chi connectivity index (χ1n) is 7.25. The van der Waals surface area contributed by atoms with Gasteiger partial charge < -0.3 is 15.3 Å². The molecule has 1 rings (SSSR count). The Balaban J connectivity index is 2.68. The average molecular weight is 270 g/mol. The van der Waals surface area contributed by atoms with Crippen molar-refractivity contribution in [2.75, 3.05) is 7.05 Å². The molecule has 1 saturated carbocycles. The molecule has 0 atom stereocenters. The predicted octanol–water partition coefficient (Wildman–Crippen LogP) is 2.60. The van der Waals surface area contributed by atoms with Crippen molar-refractivity contribution < 1.29 is 14.7 Å². The summed E-state index contributed by atoms with van der Waals surface area (Å²) >= 11 is 0. The maximum atomic E-state index is 12.2. The van der Waals surface area contributed by atoms with E-state index in [0.29, 0.717) is 12.8 Å². The summed E-state index contributed by atoms with van der Waals surface area (Å²) in [4.78, 5) is 25.3. The average Bonchev–Trinajstić information content (AvgIpc) is 2.44. The SMILES string of the molecule is CCC(CC)(NC(=O)N(C)C1CCCCC1)C(=O)O. The number of carboxylic acid groups (broad SMARTS) is 1. The quantitative estimate of drug-likeness (QED) is 0.806. The van der Waals surface area contributed by atoms with E-state index >= 15 is 0 Å². The standard InChI is InChI=1S/C14H26N2O3/c1-4-14(5-2,12(17)18)15-13(19)16(3)11-9-7-6-8-10-11/h11H,4-10H2,1-3H3,(H,15,19)(H,17,18). The molecule has 1 aliphatic rings. The summed E-state index contributed by atoms with van der Waals surface area (Å²) in [5, 5.41) is 12.0. The Bertz CT molecular complexity index is 321. The Morgan fingerprint density at radius 2 is 1.74 bits per heavy atom. The zero-order chi connectivity index (χ0) is 14.5. The van der Waals surface area contributed by atoms with Crippen molar-refractivity contribution in [1.82, 2.24) is 10.2 Å². The monoisotopic (exact) mass is 270 g/mol. The van der Waals surface area contributed by atoms with Crippen LogP contribution < -0.4 is 5.32 Å². The number of urea groups is 1. The molecule has 2 amide bonds. The van der Waals surface area contributed by atoms with Gasteiger partial charge in [-0.25, -0.2) is 9.59 Å². The first-order valence-corrected chi connectivity index (χ1v) is 7.25. The molecule has 0 aromatic carbocycles. The summed E-state index contributed by atoms with van der Waals surface area (Å²) in [6.45, 7) is 3.58. The normalized spacial score (nSPS) is 17.0. The molecule has 19 heavy (non-hydrogen) atoms. The molecule has 0 spiro atoms. The van der Waals surface area contributed by atoms with Gasteiger partial charge in [-0.2, -0.15) is 0 Å². The number of carbonyl (C=O) groups is 2. The lowest BCUT2D eigenvalue weighted by Crippen LogP contribution is -2.58. The van der Waals surface area contributed by atoms with Crippen LogP contribution in [0.1, 0.15) is 58.8 Å². The summed E-state index contributed by atoms with van der Waals surface area (Å²) in [6.07, 6.45) is 6.34. The van der Waals surface area contributed by atoms with E-state index in [1.54, 1.807) is 25.8 Å². The molecule has 5 heteroatoms. The highest BCUT2D eigenvalue weighted by Crippen LogP contribution is 2.23. The second kappa shape index (κ2) is 6.78. The van der Waals surface area contributed by atoms with Crippen LogP contribution in [-0.2, 0) is 4.79 Å². The zero-order valence-corrected chi connectivity index (χ0v) is 12.2. The fraction of sp³-hybridized carbons (Fsp3) is 0.857. The molecule has 1 fully saturated rings. The molecule has 0 aliphatic heterocycles. The second-order valence-corrected chi connectivity index (χ2v) is 5.43. The van der Waals surface area contributed by atoms with Gasteiger partial charge in [0.25, 0.3) is 0 Å². The number of aliphatic carboxylic acids is 1. The number of amides is 2. The third-order valence-electron chi connectivity index (χ3n) is 4.41. The van der Waals surface area contributed by atoms with Crippen LogP contribution in [0.15, 0.2) is 0 Å². The van der Waals surface area contributed by atoms with Gasteiger partial charge in [-0.1, -0.05) is 33.1 Å². The van der Waals surface area contributed by atoms with Gasteiger partial charge in [0.1, 0.15) is 5.54 Å². The molecule has 0 aromatic heterocycles. The smallest absolute Gasteiger partial charge is 0.329 e. The summed E-state index contributed by atoms with van der Waals surface area (Å²) in [5.41, 5.74) is -1.14. The highest BCUT2D eigenvalue weighted by atomic mass is 16.4. The van der Waals surface area contributed by atoms with E-state index < -0.39 is 11.5 Å². The minimum atomic E-state index is -1.14. The van der Waals surface area contributed by atoms with Gasteiger partial charge in [-0.3, -0.25) is 0 Å². The molecular formula is C14H26N2O3. The van der Waals surface area contributed by atoms with Gasteiger partial charge in [-0.05, 0) is 25.7 Å². The van der Waals surface area contributed by atoms with Crippen molar-refractivity contribution in [3.63, 3.8) is 0 Å². The van der Waals surface area contributed by atoms with E-state index in [2.05, 4.69) is 5.32 Å². The number of rotatable bonds is 5. The van der Waals surface area contributed by atoms with Crippen LogP contribution in [0.2, 0.25) is 0 Å². The number of nitrogens with zero attached hydrogens (tertiary/aromatic N) is 1. The van der Waals surface area contributed by atoms with Gasteiger partial charge in [0.2, 0.25) is 0 Å². The summed E-state index contributed by atoms with van der Waals surface area (Å²) < 4.78 is 0. The molecule has 0 unspecified atom stereocenters. The molecule has 2 N–H and O–H groups in total. The Kier molecular flexibility index (Phi) is 5.63. The third kappa shape index (κ3) is 3.61. The highest BCUT2D eigenvalue weighted by molar-refractivity contribution is 5.86. The molecular weight excluding hydrogens is 244 g/mol. The van der Waals surface area contributed by atoms with Crippen molar-refractivity contribution in [2.24, 2.45) is 0 Å². The first-order chi connectivity index (χ1) is 8.96. The van der Waals surface area contributed by atoms with Crippen LogP contribution in [0, 0.1) is 0 Å². The molecule has 1 aliphatic carbocycles. The second-order valence-electron chi connectivity index (χ2n) is 5.43. The number of nitrogens with one attached hydrogen (secondary N) is 1. The maximum Gasteiger partial charge on any atom is 0.329 e. The van der Waals surface area contributed by atoms with Crippen molar-refractivity contribution in [2.45, 2.75) is 70.4 Å². The minimum absolute atomic E-state index is 0.244. The van der Waals surface area contributed by atoms with E-state index in [0.717, 1.165) is 25.7 Å². The van der Waals surface area contributed by atoms with Crippen LogP contribution >= 0.6 is 0 Å². The fourth-order valence-corrected chi connectivity index (χ4v) is 2.71. The van der Waals surface area contributed by atoms with Gasteiger partial charge in [0, 0.05) is 13.1 Å². The number of hydrogen-bond acceptors (Lipinski definition) is 2. The van der Waals surface area contributed by atoms with Gasteiger partial charge in [0.15, 0.2) is 0 Å². The highest BCUT2D eigenvalue weighted by Gasteiger charge is 2.38. The van der Waals surface area contributed by atoms with E-state index in [4.69, 9.17) is 0 Å². The van der Waals surface area contributed by atoms with E-state index in [1.165, 1.54) is 6.42 Å². The zero-order valence-electron chi connectivity index (χ0n) is 12.2.